The summed E-state index contributed by atoms with van der Waals surface area (Å²) in [7, 11) is 0. The number of hydrogen-bond donors (Lipinski definition) is 1. The molecule has 0 fully saturated rings. The predicted octanol–water partition coefficient (Wildman–Crippen LogP) is 5.56. The fourth-order valence-electron chi connectivity index (χ4n) is 3.82. The Bertz CT molecular complexity index is 1190. The van der Waals surface area contributed by atoms with Crippen molar-refractivity contribution in [2.75, 3.05) is 0 Å². The molecule has 5 heteroatoms. The van der Waals surface area contributed by atoms with Crippen LogP contribution in [0.15, 0.2) is 66.9 Å². The Hall–Kier alpha value is -3.47. The highest BCUT2D eigenvalue weighted by molar-refractivity contribution is 5.95. The first kappa shape index (κ1) is 20.8. The van der Waals surface area contributed by atoms with Crippen LogP contribution >= 0.6 is 0 Å². The van der Waals surface area contributed by atoms with Gasteiger partial charge in [0.25, 0.3) is 5.91 Å². The van der Waals surface area contributed by atoms with Crippen LogP contribution in [0.1, 0.15) is 54.7 Å². The molecule has 0 aliphatic rings. The van der Waals surface area contributed by atoms with Gasteiger partial charge in [-0.2, -0.15) is 0 Å². The Morgan fingerprint density at radius 1 is 1.06 bits per heavy atom. The Kier molecular flexibility index (Phi) is 6.12. The zero-order valence-electron chi connectivity index (χ0n) is 18.3. The van der Waals surface area contributed by atoms with E-state index < -0.39 is 0 Å². The number of amides is 1. The van der Waals surface area contributed by atoms with E-state index in [1.807, 2.05) is 43.3 Å². The van der Waals surface area contributed by atoms with E-state index in [0.717, 1.165) is 47.5 Å². The minimum atomic E-state index is -0.0924. The molecule has 0 aliphatic heterocycles. The van der Waals surface area contributed by atoms with E-state index in [4.69, 9.17) is 4.98 Å². The maximum Gasteiger partial charge on any atom is 0.251 e. The fourth-order valence-corrected chi connectivity index (χ4v) is 3.82. The van der Waals surface area contributed by atoms with Crippen molar-refractivity contribution in [2.24, 2.45) is 0 Å². The average Bonchev–Trinajstić information content (AvgIpc) is 3.18. The second-order valence-electron chi connectivity index (χ2n) is 7.80. The van der Waals surface area contributed by atoms with Crippen molar-refractivity contribution in [3.8, 4) is 11.4 Å². The second kappa shape index (κ2) is 9.13. The summed E-state index contributed by atoms with van der Waals surface area (Å²) in [6, 6.07) is 19.9. The number of nitrogens with one attached hydrogen (secondary N) is 1. The third-order valence-electron chi connectivity index (χ3n) is 5.57. The molecular formula is C26H28N4O. The number of aromatic nitrogens is 3. The van der Waals surface area contributed by atoms with E-state index in [-0.39, 0.29) is 11.9 Å². The van der Waals surface area contributed by atoms with Crippen molar-refractivity contribution in [3.05, 3.63) is 83.6 Å². The van der Waals surface area contributed by atoms with Gasteiger partial charge in [-0.05, 0) is 55.2 Å². The molecule has 31 heavy (non-hydrogen) atoms. The van der Waals surface area contributed by atoms with Gasteiger partial charge in [-0.1, -0.05) is 50.2 Å². The Morgan fingerprint density at radius 2 is 1.87 bits per heavy atom. The summed E-state index contributed by atoms with van der Waals surface area (Å²) in [5.74, 6) is 0.749. The van der Waals surface area contributed by atoms with Gasteiger partial charge in [0.2, 0.25) is 0 Å². The van der Waals surface area contributed by atoms with Crippen LogP contribution in [0.3, 0.4) is 0 Å². The van der Waals surface area contributed by atoms with Gasteiger partial charge in [0.15, 0.2) is 5.65 Å². The minimum Gasteiger partial charge on any atom is -0.346 e. The van der Waals surface area contributed by atoms with Gasteiger partial charge in [0.1, 0.15) is 11.3 Å². The third kappa shape index (κ3) is 4.36. The Morgan fingerprint density at radius 3 is 2.61 bits per heavy atom. The molecule has 1 atom stereocenters. The fraction of sp³-hybridized carbons (Fsp3) is 0.269. The number of benzene rings is 2. The molecule has 2 aromatic heterocycles. The molecule has 5 nitrogen and oxygen atoms in total. The summed E-state index contributed by atoms with van der Waals surface area (Å²) in [5.41, 5.74) is 5.66. The topological polar surface area (TPSA) is 59.8 Å². The zero-order chi connectivity index (χ0) is 21.8. The monoisotopic (exact) mass is 412 g/mol. The summed E-state index contributed by atoms with van der Waals surface area (Å²) in [6.45, 7) is 7.11. The first-order valence-corrected chi connectivity index (χ1v) is 10.9. The zero-order valence-corrected chi connectivity index (χ0v) is 18.3. The van der Waals surface area contributed by atoms with Crippen molar-refractivity contribution in [3.63, 3.8) is 0 Å². The number of carbonyl (C=O) groups excluding carboxylic acids is 1. The van der Waals surface area contributed by atoms with E-state index in [0.29, 0.717) is 5.56 Å². The van der Waals surface area contributed by atoms with Crippen LogP contribution in [0.4, 0.5) is 0 Å². The molecule has 2 aromatic carbocycles. The molecule has 4 rings (SSSR count). The number of fused-ring (bicyclic) bond motifs is 1. The number of aryl methyl sites for hydroxylation is 2. The molecule has 0 saturated carbocycles. The minimum absolute atomic E-state index is 0.0732. The van der Waals surface area contributed by atoms with Crippen LogP contribution in [-0.4, -0.2) is 20.4 Å². The van der Waals surface area contributed by atoms with Crippen LogP contribution in [0.2, 0.25) is 0 Å². The van der Waals surface area contributed by atoms with Crippen molar-refractivity contribution >= 4 is 17.1 Å². The number of rotatable bonds is 7. The number of imidazole rings is 1. The van der Waals surface area contributed by atoms with E-state index in [9.17, 15) is 4.79 Å². The van der Waals surface area contributed by atoms with Crippen LogP contribution < -0.4 is 5.32 Å². The van der Waals surface area contributed by atoms with E-state index in [1.54, 1.807) is 6.20 Å². The molecule has 1 N–H and O–H groups in total. The Balaban J connectivity index is 1.60. The molecule has 2 heterocycles. The summed E-state index contributed by atoms with van der Waals surface area (Å²) in [6.07, 6.45) is 3.77. The first-order valence-electron chi connectivity index (χ1n) is 10.9. The molecule has 0 spiro atoms. The largest absolute Gasteiger partial charge is 0.346 e. The molecule has 1 amide bonds. The second-order valence-corrected chi connectivity index (χ2v) is 7.80. The van der Waals surface area contributed by atoms with Gasteiger partial charge >= 0.3 is 0 Å². The number of nitrogens with zero attached hydrogens (tertiary/aromatic N) is 3. The van der Waals surface area contributed by atoms with E-state index in [2.05, 4.69) is 53.0 Å². The lowest BCUT2D eigenvalue weighted by Crippen LogP contribution is -2.26. The molecule has 0 unspecified atom stereocenters. The van der Waals surface area contributed by atoms with Crippen molar-refractivity contribution < 1.29 is 4.79 Å². The van der Waals surface area contributed by atoms with Crippen molar-refractivity contribution in [1.29, 1.82) is 0 Å². The van der Waals surface area contributed by atoms with Crippen molar-refractivity contribution in [1.82, 2.24) is 19.9 Å². The highest BCUT2D eigenvalue weighted by Crippen LogP contribution is 2.25. The van der Waals surface area contributed by atoms with Crippen LogP contribution in [0.25, 0.3) is 22.6 Å². The predicted molar refractivity (Wildman–Crippen MR) is 125 cm³/mol. The molecule has 0 bridgehead atoms. The quantitative estimate of drug-likeness (QED) is 0.432. The lowest BCUT2D eigenvalue weighted by Gasteiger charge is -2.15. The van der Waals surface area contributed by atoms with Gasteiger partial charge in [0, 0.05) is 23.9 Å². The molecule has 158 valence electrons. The van der Waals surface area contributed by atoms with E-state index in [1.165, 1.54) is 5.56 Å². The number of pyridine rings is 1. The normalized spacial score (nSPS) is 12.1. The molecule has 0 radical (unpaired) electrons. The maximum absolute atomic E-state index is 13.0. The van der Waals surface area contributed by atoms with E-state index >= 15 is 0 Å². The Labute approximate surface area is 183 Å². The SMILES string of the molecule is CCCn1c(-c2cccc(C(=O)N[C@@H](C)c3ccc(CC)cc3)c2)nc2cccnc21. The molecule has 0 saturated heterocycles. The third-order valence-corrected chi connectivity index (χ3v) is 5.57. The number of hydrogen-bond acceptors (Lipinski definition) is 3. The van der Waals surface area contributed by atoms with Crippen LogP contribution in [-0.2, 0) is 13.0 Å². The van der Waals surface area contributed by atoms with Crippen LogP contribution in [0, 0.1) is 0 Å². The molecular weight excluding hydrogens is 384 g/mol. The average molecular weight is 413 g/mol. The summed E-state index contributed by atoms with van der Waals surface area (Å²) >= 11 is 0. The first-order chi connectivity index (χ1) is 15.1. The highest BCUT2D eigenvalue weighted by Gasteiger charge is 2.16. The lowest BCUT2D eigenvalue weighted by molar-refractivity contribution is 0.0940. The van der Waals surface area contributed by atoms with Gasteiger partial charge in [-0.3, -0.25) is 4.79 Å². The van der Waals surface area contributed by atoms with Gasteiger partial charge in [0.05, 0.1) is 6.04 Å². The smallest absolute Gasteiger partial charge is 0.251 e. The van der Waals surface area contributed by atoms with Gasteiger partial charge < -0.3 is 9.88 Å². The van der Waals surface area contributed by atoms with Crippen molar-refractivity contribution in [2.45, 2.75) is 46.2 Å². The maximum atomic E-state index is 13.0. The number of carbonyl (C=O) groups is 1. The molecule has 0 aliphatic carbocycles. The lowest BCUT2D eigenvalue weighted by atomic mass is 10.0. The van der Waals surface area contributed by atoms with Gasteiger partial charge in [-0.25, -0.2) is 9.97 Å². The summed E-state index contributed by atoms with van der Waals surface area (Å²) < 4.78 is 2.13. The summed E-state index contributed by atoms with van der Waals surface area (Å²) in [5, 5.41) is 3.12. The summed E-state index contributed by atoms with van der Waals surface area (Å²) in [4.78, 5) is 22.3. The highest BCUT2D eigenvalue weighted by atomic mass is 16.1. The standard InChI is InChI=1S/C26H28N4O/c1-4-16-30-24(29-23-10-7-15-27-25(23)30)21-8-6-9-22(17-21)26(31)28-18(3)20-13-11-19(5-2)12-14-20/h6-15,17-18H,4-5,16H2,1-3H3,(H,28,31)/t18-/m0/s1. The van der Waals surface area contributed by atoms with Crippen LogP contribution in [0.5, 0.6) is 0 Å². The molecule has 4 aromatic rings. The van der Waals surface area contributed by atoms with Gasteiger partial charge in [-0.15, -0.1) is 0 Å².